The molecule has 26 heavy (non-hydrogen) atoms. The number of carboxylic acid groups (broad SMARTS) is 1. The van der Waals surface area contributed by atoms with Crippen LogP contribution in [0.15, 0.2) is 42.6 Å². The first-order valence-corrected chi connectivity index (χ1v) is 9.08. The van der Waals surface area contributed by atoms with Gasteiger partial charge in [-0.15, -0.1) is 0 Å². The van der Waals surface area contributed by atoms with Gasteiger partial charge in [-0.1, -0.05) is 25.1 Å². The van der Waals surface area contributed by atoms with Crippen LogP contribution in [0.3, 0.4) is 0 Å². The fourth-order valence-corrected chi connectivity index (χ4v) is 3.54. The normalized spacial score (nSPS) is 16.4. The third-order valence-electron chi connectivity index (χ3n) is 4.93. The van der Waals surface area contributed by atoms with Crippen LogP contribution in [-0.4, -0.2) is 47.1 Å². The molecule has 1 fully saturated rings. The Bertz CT molecular complexity index is 757. The molecule has 0 bridgehead atoms. The predicted octanol–water partition coefficient (Wildman–Crippen LogP) is 2.56. The molecule has 1 aliphatic heterocycles. The smallest absolute Gasteiger partial charge is 0.311 e. The van der Waals surface area contributed by atoms with Crippen molar-refractivity contribution in [2.75, 3.05) is 36.8 Å². The summed E-state index contributed by atoms with van der Waals surface area (Å²) in [6, 6.07) is 11.7. The largest absolute Gasteiger partial charge is 0.481 e. The van der Waals surface area contributed by atoms with Crippen molar-refractivity contribution in [3.05, 3.63) is 53.7 Å². The number of piperazine rings is 1. The van der Waals surface area contributed by atoms with E-state index in [1.165, 1.54) is 5.56 Å². The Morgan fingerprint density at radius 2 is 2.00 bits per heavy atom. The first kappa shape index (κ1) is 18.2. The van der Waals surface area contributed by atoms with E-state index in [9.17, 15) is 9.90 Å². The van der Waals surface area contributed by atoms with E-state index in [0.717, 1.165) is 49.8 Å². The second-order valence-electron chi connectivity index (χ2n) is 6.72. The van der Waals surface area contributed by atoms with Gasteiger partial charge in [0.05, 0.1) is 5.92 Å². The Kier molecular flexibility index (Phi) is 5.73. The summed E-state index contributed by atoms with van der Waals surface area (Å²) < 4.78 is 0. The monoisotopic (exact) mass is 354 g/mol. The summed E-state index contributed by atoms with van der Waals surface area (Å²) in [6.07, 6.45) is 2.30. The highest BCUT2D eigenvalue weighted by molar-refractivity contribution is 5.78. The maximum absolute atomic E-state index is 11.6. The van der Waals surface area contributed by atoms with Gasteiger partial charge in [-0.2, -0.15) is 0 Å². The number of nitrogens with zero attached hydrogens (tertiary/aromatic N) is 3. The lowest BCUT2D eigenvalue weighted by Gasteiger charge is -2.36. The zero-order valence-electron chi connectivity index (χ0n) is 15.1. The Balaban J connectivity index is 1.68. The van der Waals surface area contributed by atoms with Crippen molar-refractivity contribution in [1.29, 1.82) is 0 Å². The Morgan fingerprint density at radius 3 is 2.65 bits per heavy atom. The van der Waals surface area contributed by atoms with E-state index >= 15 is 0 Å². The predicted molar refractivity (Wildman–Crippen MR) is 103 cm³/mol. The maximum atomic E-state index is 11.6. The number of hydrogen-bond acceptors (Lipinski definition) is 5. The molecule has 1 atom stereocenters. The minimum atomic E-state index is -0.790. The number of aliphatic carboxylic acids is 1. The number of hydrogen-bond donors (Lipinski definition) is 2. The van der Waals surface area contributed by atoms with E-state index in [1.807, 2.05) is 37.3 Å². The highest BCUT2D eigenvalue weighted by Crippen LogP contribution is 2.29. The standard InChI is InChI=1S/C20H26N4O2/c1-2-17(20(25)26)18-7-4-8-22-19(18)24-11-9-23(10-12-24)14-15-5-3-6-16(21)13-15/h3-8,13,17H,2,9-12,14,21H2,1H3,(H,25,26). The Labute approximate surface area is 154 Å². The third-order valence-corrected chi connectivity index (χ3v) is 4.93. The molecule has 1 unspecified atom stereocenters. The van der Waals surface area contributed by atoms with E-state index in [0.29, 0.717) is 6.42 Å². The average molecular weight is 354 g/mol. The van der Waals surface area contributed by atoms with Crippen molar-refractivity contribution in [3.8, 4) is 0 Å². The fourth-order valence-electron chi connectivity index (χ4n) is 3.54. The number of carbonyl (C=O) groups is 1. The molecule has 2 aromatic rings. The summed E-state index contributed by atoms with van der Waals surface area (Å²) in [5.41, 5.74) is 8.68. The molecule has 138 valence electrons. The van der Waals surface area contributed by atoms with Crippen LogP contribution >= 0.6 is 0 Å². The average Bonchev–Trinajstić information content (AvgIpc) is 2.63. The van der Waals surface area contributed by atoms with Gasteiger partial charge in [0.15, 0.2) is 0 Å². The van der Waals surface area contributed by atoms with E-state index in [1.54, 1.807) is 6.20 Å². The molecule has 0 saturated carbocycles. The van der Waals surface area contributed by atoms with Gasteiger partial charge in [0.25, 0.3) is 0 Å². The molecule has 0 radical (unpaired) electrons. The van der Waals surface area contributed by atoms with Crippen molar-refractivity contribution >= 4 is 17.5 Å². The van der Waals surface area contributed by atoms with E-state index in [-0.39, 0.29) is 0 Å². The third kappa shape index (κ3) is 4.14. The van der Waals surface area contributed by atoms with Crippen molar-refractivity contribution in [3.63, 3.8) is 0 Å². The number of anilines is 2. The van der Waals surface area contributed by atoms with Gasteiger partial charge in [-0.05, 0) is 30.2 Å². The molecule has 1 aromatic heterocycles. The molecule has 2 heterocycles. The van der Waals surface area contributed by atoms with Crippen LogP contribution in [0.4, 0.5) is 11.5 Å². The highest BCUT2D eigenvalue weighted by atomic mass is 16.4. The molecular weight excluding hydrogens is 328 g/mol. The van der Waals surface area contributed by atoms with Gasteiger partial charge in [0, 0.05) is 50.2 Å². The van der Waals surface area contributed by atoms with E-state index in [2.05, 4.69) is 20.9 Å². The summed E-state index contributed by atoms with van der Waals surface area (Å²) in [6.45, 7) is 6.27. The van der Waals surface area contributed by atoms with Crippen LogP contribution in [0.1, 0.15) is 30.4 Å². The quantitative estimate of drug-likeness (QED) is 0.776. The minimum Gasteiger partial charge on any atom is -0.481 e. The maximum Gasteiger partial charge on any atom is 0.311 e. The van der Waals surface area contributed by atoms with Gasteiger partial charge < -0.3 is 15.7 Å². The van der Waals surface area contributed by atoms with Crippen LogP contribution in [0.25, 0.3) is 0 Å². The van der Waals surface area contributed by atoms with Gasteiger partial charge in [-0.3, -0.25) is 9.69 Å². The lowest BCUT2D eigenvalue weighted by molar-refractivity contribution is -0.138. The summed E-state index contributed by atoms with van der Waals surface area (Å²) in [5.74, 6) is -0.489. The second kappa shape index (κ2) is 8.19. The van der Waals surface area contributed by atoms with Gasteiger partial charge in [-0.25, -0.2) is 4.98 Å². The number of rotatable bonds is 6. The van der Waals surface area contributed by atoms with Gasteiger partial charge in [0.2, 0.25) is 0 Å². The van der Waals surface area contributed by atoms with Crippen molar-refractivity contribution in [2.24, 2.45) is 0 Å². The molecule has 3 rings (SSSR count). The highest BCUT2D eigenvalue weighted by Gasteiger charge is 2.26. The van der Waals surface area contributed by atoms with E-state index in [4.69, 9.17) is 5.73 Å². The molecular formula is C20H26N4O2. The Morgan fingerprint density at radius 1 is 1.23 bits per heavy atom. The van der Waals surface area contributed by atoms with Crippen LogP contribution in [-0.2, 0) is 11.3 Å². The molecule has 6 heteroatoms. The number of nitrogen functional groups attached to an aromatic ring is 1. The van der Waals surface area contributed by atoms with Crippen molar-refractivity contribution in [2.45, 2.75) is 25.8 Å². The Hall–Kier alpha value is -2.60. The molecule has 1 aromatic carbocycles. The summed E-state index contributed by atoms with van der Waals surface area (Å²) in [5, 5.41) is 9.51. The second-order valence-corrected chi connectivity index (χ2v) is 6.72. The van der Waals surface area contributed by atoms with E-state index < -0.39 is 11.9 Å². The van der Waals surface area contributed by atoms with Crippen LogP contribution in [0.5, 0.6) is 0 Å². The van der Waals surface area contributed by atoms with Gasteiger partial charge >= 0.3 is 5.97 Å². The molecule has 3 N–H and O–H groups in total. The first-order valence-electron chi connectivity index (χ1n) is 9.08. The summed E-state index contributed by atoms with van der Waals surface area (Å²) >= 11 is 0. The summed E-state index contributed by atoms with van der Waals surface area (Å²) in [4.78, 5) is 20.7. The zero-order valence-corrected chi connectivity index (χ0v) is 15.1. The zero-order chi connectivity index (χ0) is 18.5. The van der Waals surface area contributed by atoms with Crippen molar-refractivity contribution in [1.82, 2.24) is 9.88 Å². The number of benzene rings is 1. The number of aromatic nitrogens is 1. The topological polar surface area (TPSA) is 82.7 Å². The fraction of sp³-hybridized carbons (Fsp3) is 0.400. The van der Waals surface area contributed by atoms with Crippen LogP contribution in [0, 0.1) is 0 Å². The SMILES string of the molecule is CCC(C(=O)O)c1cccnc1N1CCN(Cc2cccc(N)c2)CC1. The van der Waals surface area contributed by atoms with Gasteiger partial charge in [0.1, 0.15) is 5.82 Å². The number of nitrogens with two attached hydrogens (primary N) is 1. The molecule has 0 spiro atoms. The minimum absolute atomic E-state index is 0.510. The lowest BCUT2D eigenvalue weighted by Crippen LogP contribution is -2.46. The molecule has 0 amide bonds. The van der Waals surface area contributed by atoms with Crippen LogP contribution < -0.4 is 10.6 Å². The first-order chi connectivity index (χ1) is 12.6. The van der Waals surface area contributed by atoms with Crippen LogP contribution in [0.2, 0.25) is 0 Å². The molecule has 1 aliphatic rings. The molecule has 0 aliphatic carbocycles. The number of pyridine rings is 1. The molecule has 6 nitrogen and oxygen atoms in total. The van der Waals surface area contributed by atoms with Crippen molar-refractivity contribution < 1.29 is 9.90 Å². The summed E-state index contributed by atoms with van der Waals surface area (Å²) in [7, 11) is 0. The lowest BCUT2D eigenvalue weighted by atomic mass is 9.96. The number of carboxylic acids is 1. The molecule has 1 saturated heterocycles.